The van der Waals surface area contributed by atoms with E-state index in [2.05, 4.69) is 86.0 Å². The molecule has 0 bridgehead atoms. The highest BCUT2D eigenvalue weighted by molar-refractivity contribution is 5.85. The molecular formula is C46H62ClF3N6O2. The van der Waals surface area contributed by atoms with Gasteiger partial charge in [-0.25, -0.2) is 4.79 Å². The Morgan fingerprint density at radius 3 is 1.60 bits per heavy atom. The van der Waals surface area contributed by atoms with Crippen LogP contribution in [0.3, 0.4) is 0 Å². The van der Waals surface area contributed by atoms with Gasteiger partial charge in [0.1, 0.15) is 0 Å². The molecule has 12 heteroatoms. The summed E-state index contributed by atoms with van der Waals surface area (Å²) in [5.41, 5.74) is 18.2. The van der Waals surface area contributed by atoms with Gasteiger partial charge in [-0.15, -0.1) is 12.4 Å². The van der Waals surface area contributed by atoms with Crippen LogP contribution < -0.4 is 31.1 Å². The van der Waals surface area contributed by atoms with Gasteiger partial charge in [0.2, 0.25) is 0 Å². The maximum Gasteiger partial charge on any atom is 0.490 e. The topological polar surface area (TPSA) is 97.1 Å². The van der Waals surface area contributed by atoms with E-state index in [-0.39, 0.29) is 12.4 Å². The van der Waals surface area contributed by atoms with Gasteiger partial charge in [-0.2, -0.15) is 13.2 Å². The van der Waals surface area contributed by atoms with Gasteiger partial charge >= 0.3 is 12.1 Å². The largest absolute Gasteiger partial charge is 0.490 e. The second-order valence-electron chi connectivity index (χ2n) is 17.4. The van der Waals surface area contributed by atoms with Crippen molar-refractivity contribution >= 4 is 35.4 Å². The highest BCUT2D eigenvalue weighted by atomic mass is 35.5. The van der Waals surface area contributed by atoms with Gasteiger partial charge in [0.25, 0.3) is 0 Å². The van der Waals surface area contributed by atoms with Crippen LogP contribution >= 0.6 is 12.4 Å². The zero-order valence-electron chi connectivity index (χ0n) is 33.7. The van der Waals surface area contributed by atoms with E-state index in [0.717, 1.165) is 74.8 Å². The van der Waals surface area contributed by atoms with Gasteiger partial charge in [-0.1, -0.05) is 73.9 Å². The third kappa shape index (κ3) is 8.98. The number of anilines is 3. The molecule has 3 aromatic rings. The van der Waals surface area contributed by atoms with Crippen LogP contribution in [0, 0.1) is 17.8 Å². The first-order valence-corrected chi connectivity index (χ1v) is 21.7. The summed E-state index contributed by atoms with van der Waals surface area (Å²) >= 11 is 0. The number of benzene rings is 3. The van der Waals surface area contributed by atoms with Crippen LogP contribution in [0.1, 0.15) is 103 Å². The Bertz CT molecular complexity index is 1780. The number of carboxylic acids is 1. The summed E-state index contributed by atoms with van der Waals surface area (Å²) in [5, 5.41) is 14.2. The molecule has 0 spiro atoms. The third-order valence-corrected chi connectivity index (χ3v) is 14.1. The predicted octanol–water partition coefficient (Wildman–Crippen LogP) is 8.39. The first-order chi connectivity index (χ1) is 27.7. The number of para-hydroxylation sites is 3. The SMILES string of the molecule is Cl.NCCN1C[C@@H]2CCC[C@@H]2c2ccccc21.O=C(O)C(F)(F)F.c1cc2c3c(c1)[C@H]1CCC[C@H]1CN3CCNC2.c1cc2c3c(c1)[C@H]1CCC[C@H]1CN3CCNC2. The maximum atomic E-state index is 10.6. The summed E-state index contributed by atoms with van der Waals surface area (Å²) in [6, 6.07) is 22.8. The molecule has 58 heavy (non-hydrogen) atoms. The Morgan fingerprint density at radius 2 is 1.12 bits per heavy atom. The van der Waals surface area contributed by atoms with Gasteiger partial charge in [0, 0.05) is 89.1 Å². The van der Waals surface area contributed by atoms with Crippen molar-refractivity contribution in [3.63, 3.8) is 0 Å². The maximum absolute atomic E-state index is 10.6. The lowest BCUT2D eigenvalue weighted by Crippen LogP contribution is -2.38. The number of fused-ring (bicyclic) bond motifs is 7. The summed E-state index contributed by atoms with van der Waals surface area (Å²) in [4.78, 5) is 16.7. The molecule has 0 radical (unpaired) electrons. The molecule has 3 fully saturated rings. The van der Waals surface area contributed by atoms with Crippen LogP contribution in [0.2, 0.25) is 0 Å². The molecule has 0 amide bonds. The van der Waals surface area contributed by atoms with Crippen molar-refractivity contribution in [2.75, 3.05) is 73.6 Å². The Kier molecular flexibility index (Phi) is 13.8. The molecule has 3 aliphatic carbocycles. The van der Waals surface area contributed by atoms with Crippen LogP contribution in [0.15, 0.2) is 60.7 Å². The van der Waals surface area contributed by atoms with E-state index in [0.29, 0.717) is 0 Å². The van der Waals surface area contributed by atoms with E-state index in [1.165, 1.54) is 107 Å². The first-order valence-electron chi connectivity index (χ1n) is 21.7. The molecule has 5 heterocycles. The highest BCUT2D eigenvalue weighted by Crippen LogP contribution is 2.50. The molecule has 3 aromatic carbocycles. The first kappa shape index (κ1) is 42.6. The normalized spacial score (nSPS) is 27.0. The minimum absolute atomic E-state index is 0. The fourth-order valence-corrected chi connectivity index (χ4v) is 11.7. The van der Waals surface area contributed by atoms with E-state index in [1.807, 2.05) is 0 Å². The number of rotatable bonds is 2. The van der Waals surface area contributed by atoms with Crippen LogP contribution in [-0.4, -0.2) is 76.2 Å². The molecule has 6 atom stereocenters. The lowest BCUT2D eigenvalue weighted by molar-refractivity contribution is -0.192. The molecule has 11 rings (SSSR count). The number of hydrogen-bond donors (Lipinski definition) is 4. The Hall–Kier alpha value is -3.51. The van der Waals surface area contributed by atoms with Crippen LogP contribution in [0.4, 0.5) is 30.2 Å². The monoisotopic (exact) mass is 822 g/mol. The van der Waals surface area contributed by atoms with Crippen LogP contribution in [-0.2, 0) is 17.9 Å². The van der Waals surface area contributed by atoms with E-state index in [1.54, 1.807) is 28.1 Å². The van der Waals surface area contributed by atoms with Gasteiger partial charge in [-0.05, 0) is 108 Å². The number of carbonyl (C=O) groups is 1. The summed E-state index contributed by atoms with van der Waals surface area (Å²) in [6.07, 6.45) is 7.70. The van der Waals surface area contributed by atoms with Gasteiger partial charge in [0.05, 0.1) is 0 Å². The number of halogens is 4. The number of nitrogens with one attached hydrogen (secondary N) is 2. The van der Waals surface area contributed by atoms with Gasteiger partial charge in [-0.3, -0.25) is 0 Å². The van der Waals surface area contributed by atoms with Crippen molar-refractivity contribution in [3.05, 3.63) is 88.5 Å². The molecule has 8 nitrogen and oxygen atoms in total. The molecular weight excluding hydrogens is 761 g/mol. The Morgan fingerprint density at radius 1 is 0.672 bits per heavy atom. The summed E-state index contributed by atoms with van der Waals surface area (Å²) < 4.78 is 31.7. The van der Waals surface area contributed by atoms with E-state index < -0.39 is 12.1 Å². The lowest BCUT2D eigenvalue weighted by Gasteiger charge is -2.38. The molecule has 8 aliphatic rings. The van der Waals surface area contributed by atoms with E-state index in [9.17, 15) is 13.2 Å². The molecule has 5 aliphatic heterocycles. The smallest absolute Gasteiger partial charge is 0.475 e. The van der Waals surface area contributed by atoms with Crippen molar-refractivity contribution in [3.8, 4) is 0 Å². The molecule has 3 saturated carbocycles. The molecule has 0 unspecified atom stereocenters. The number of carboxylic acid groups (broad SMARTS) is 1. The lowest BCUT2D eigenvalue weighted by atomic mass is 9.82. The van der Waals surface area contributed by atoms with Crippen LogP contribution in [0.25, 0.3) is 0 Å². The number of hydrogen-bond acceptors (Lipinski definition) is 7. The van der Waals surface area contributed by atoms with E-state index in [4.69, 9.17) is 15.6 Å². The van der Waals surface area contributed by atoms with Gasteiger partial charge in [0.15, 0.2) is 0 Å². The molecule has 5 N–H and O–H groups in total. The highest BCUT2D eigenvalue weighted by Gasteiger charge is 2.40. The van der Waals surface area contributed by atoms with E-state index >= 15 is 0 Å². The summed E-state index contributed by atoms with van der Waals surface area (Å²) in [5.74, 6) is 2.52. The minimum atomic E-state index is -5.08. The fraction of sp³-hybridized carbons (Fsp3) is 0.587. The van der Waals surface area contributed by atoms with Crippen LogP contribution in [0.5, 0.6) is 0 Å². The number of nitrogens with two attached hydrogens (primary N) is 1. The van der Waals surface area contributed by atoms with Crippen molar-refractivity contribution in [2.24, 2.45) is 23.5 Å². The van der Waals surface area contributed by atoms with Crippen molar-refractivity contribution in [1.29, 1.82) is 0 Å². The number of aliphatic carboxylic acids is 1. The Balaban J connectivity index is 0.000000122. The molecule has 316 valence electrons. The van der Waals surface area contributed by atoms with Gasteiger partial charge < -0.3 is 36.2 Å². The summed E-state index contributed by atoms with van der Waals surface area (Å²) in [7, 11) is 0. The van der Waals surface area contributed by atoms with Crippen molar-refractivity contribution in [1.82, 2.24) is 10.6 Å². The third-order valence-electron chi connectivity index (χ3n) is 14.1. The average Bonchev–Trinajstić information content (AvgIpc) is 3.95. The standard InChI is InChI=1S/2C15H20N2.C14H20N2.C2HF3O2.ClH/c2*1-3-11-9-16-7-8-17-10-12-4-2-5-13(12)14(6-1)15(11)17;15-8-9-16-10-11-4-3-6-12(11)13-5-1-2-7-14(13)16;3-2(4,5)1(6)7;/h2*1,3,6,12-13,16H,2,4-5,7-10H2;1-2,5,7,11-12H,3-4,6,8-10,15H2;(H,6,7);1H/t2*12-,13-;11-,12-;;/m000../s1. The number of alkyl halides is 3. The Labute approximate surface area is 348 Å². The zero-order valence-corrected chi connectivity index (χ0v) is 34.5. The quantitative estimate of drug-likeness (QED) is 0.205. The average molecular weight is 823 g/mol. The molecule has 0 aromatic heterocycles. The van der Waals surface area contributed by atoms with Crippen molar-refractivity contribution < 1.29 is 23.1 Å². The van der Waals surface area contributed by atoms with Crippen molar-refractivity contribution in [2.45, 2.75) is 94.8 Å². The summed E-state index contributed by atoms with van der Waals surface area (Å²) in [6.45, 7) is 12.3. The minimum Gasteiger partial charge on any atom is -0.475 e. The number of nitrogens with zero attached hydrogens (tertiary/aromatic N) is 3. The second kappa shape index (κ2) is 18.8. The second-order valence-corrected chi connectivity index (χ2v) is 17.4. The predicted molar refractivity (Wildman–Crippen MR) is 230 cm³/mol. The zero-order chi connectivity index (χ0) is 39.5. The fourth-order valence-electron chi connectivity index (χ4n) is 11.7. The molecule has 0 saturated heterocycles.